The molecular weight excluding hydrogens is 272 g/mol. The Labute approximate surface area is 111 Å². The van der Waals surface area contributed by atoms with E-state index in [0.29, 0.717) is 11.3 Å². The second-order valence-electron chi connectivity index (χ2n) is 3.00. The van der Waals surface area contributed by atoms with Crippen LogP contribution in [0.2, 0.25) is 0 Å². The van der Waals surface area contributed by atoms with Crippen molar-refractivity contribution in [2.75, 3.05) is 12.0 Å². The van der Waals surface area contributed by atoms with Gasteiger partial charge in [-0.25, -0.2) is 0 Å². The first-order chi connectivity index (χ1) is 8.22. The summed E-state index contributed by atoms with van der Waals surface area (Å²) in [5.41, 5.74) is 6.65. The summed E-state index contributed by atoms with van der Waals surface area (Å²) in [6, 6.07) is 7.44. The molecule has 2 aromatic rings. The van der Waals surface area contributed by atoms with E-state index in [1.807, 2.05) is 12.3 Å². The third kappa shape index (κ3) is 2.91. The molecule has 0 spiro atoms. The van der Waals surface area contributed by atoms with Crippen LogP contribution in [0.1, 0.15) is 5.56 Å². The third-order valence-corrected chi connectivity index (χ3v) is 4.85. The van der Waals surface area contributed by atoms with Crippen LogP contribution in [0, 0.1) is 11.3 Å². The molecule has 0 atom stereocenters. The highest BCUT2D eigenvalue weighted by Gasteiger charge is 2.07. The van der Waals surface area contributed by atoms with Crippen LogP contribution in [0.25, 0.3) is 0 Å². The number of thioether (sulfide) groups is 1. The number of nitrogens with two attached hydrogens (primary N) is 1. The maximum atomic E-state index is 8.88. The van der Waals surface area contributed by atoms with Gasteiger partial charge in [-0.15, -0.1) is 10.2 Å². The van der Waals surface area contributed by atoms with E-state index >= 15 is 0 Å². The number of hydrogen-bond acceptors (Lipinski definition) is 7. The molecule has 0 aliphatic heterocycles. The summed E-state index contributed by atoms with van der Waals surface area (Å²) in [5, 5.41) is 17.0. The summed E-state index contributed by atoms with van der Waals surface area (Å²) in [6.07, 6.45) is 1.96. The maximum Gasteiger partial charge on any atom is 0.179 e. The highest BCUT2D eigenvalue weighted by Crippen LogP contribution is 2.33. The lowest BCUT2D eigenvalue weighted by Gasteiger charge is -2.00. The summed E-state index contributed by atoms with van der Waals surface area (Å²) in [4.78, 5) is 0.944. The molecule has 1 aromatic heterocycles. The van der Waals surface area contributed by atoms with Gasteiger partial charge in [0, 0.05) is 10.6 Å². The molecule has 0 saturated carbocycles. The Morgan fingerprint density at radius 3 is 2.76 bits per heavy atom. The average Bonchev–Trinajstić information content (AvgIpc) is 2.79. The second-order valence-corrected chi connectivity index (χ2v) is 6.35. The topological polar surface area (TPSA) is 75.6 Å². The lowest BCUT2D eigenvalue weighted by Crippen LogP contribution is -1.89. The molecule has 0 saturated heterocycles. The van der Waals surface area contributed by atoms with Gasteiger partial charge in [0.15, 0.2) is 8.68 Å². The van der Waals surface area contributed by atoms with E-state index in [-0.39, 0.29) is 0 Å². The predicted molar refractivity (Wildman–Crippen MR) is 71.4 cm³/mol. The van der Waals surface area contributed by atoms with Crippen LogP contribution in [-0.2, 0) is 0 Å². The molecule has 0 bridgehead atoms. The maximum absolute atomic E-state index is 8.88. The number of hydrogen-bond donors (Lipinski definition) is 1. The zero-order valence-corrected chi connectivity index (χ0v) is 11.3. The van der Waals surface area contributed by atoms with Crippen molar-refractivity contribution < 1.29 is 0 Å². The summed E-state index contributed by atoms with van der Waals surface area (Å²) in [6.45, 7) is 0. The number of nitriles is 1. The van der Waals surface area contributed by atoms with E-state index in [0.717, 1.165) is 13.6 Å². The van der Waals surface area contributed by atoms with Gasteiger partial charge < -0.3 is 5.73 Å². The Hall–Kier alpha value is -1.23. The molecule has 1 aromatic carbocycles. The number of nitrogen functional groups attached to an aromatic ring is 1. The van der Waals surface area contributed by atoms with Gasteiger partial charge >= 0.3 is 0 Å². The molecule has 2 N–H and O–H groups in total. The molecule has 4 nitrogen and oxygen atoms in total. The minimum atomic E-state index is 0.490. The molecule has 0 aliphatic carbocycles. The summed E-state index contributed by atoms with van der Waals surface area (Å²) in [5.74, 6) is 0. The molecule has 0 radical (unpaired) electrons. The van der Waals surface area contributed by atoms with E-state index in [4.69, 9.17) is 11.0 Å². The highest BCUT2D eigenvalue weighted by molar-refractivity contribution is 8.03. The largest absolute Gasteiger partial charge is 0.398 e. The SMILES string of the molecule is CSc1nnc(Sc2ccc(N)c(C#N)c2)s1. The molecule has 17 heavy (non-hydrogen) atoms. The van der Waals surface area contributed by atoms with Crippen molar-refractivity contribution in [3.05, 3.63) is 23.8 Å². The third-order valence-electron chi connectivity index (χ3n) is 1.91. The van der Waals surface area contributed by atoms with Crippen molar-refractivity contribution >= 4 is 40.5 Å². The van der Waals surface area contributed by atoms with E-state index in [2.05, 4.69) is 16.3 Å². The molecule has 0 amide bonds. The molecule has 0 fully saturated rings. The molecular formula is C10H8N4S3. The average molecular weight is 280 g/mol. The van der Waals surface area contributed by atoms with E-state index < -0.39 is 0 Å². The lowest BCUT2D eigenvalue weighted by molar-refractivity contribution is 0.956. The number of anilines is 1. The van der Waals surface area contributed by atoms with Crippen molar-refractivity contribution in [3.8, 4) is 6.07 Å². The van der Waals surface area contributed by atoms with Crippen LogP contribution in [0.4, 0.5) is 5.69 Å². The van der Waals surface area contributed by atoms with Crippen LogP contribution in [0.5, 0.6) is 0 Å². The van der Waals surface area contributed by atoms with Crippen molar-refractivity contribution in [2.45, 2.75) is 13.6 Å². The van der Waals surface area contributed by atoms with Crippen LogP contribution in [0.15, 0.2) is 31.8 Å². The predicted octanol–water partition coefficient (Wildman–Crippen LogP) is 2.87. The normalized spacial score (nSPS) is 10.1. The molecule has 86 valence electrons. The monoisotopic (exact) mass is 280 g/mol. The standard InChI is InChI=1S/C10H8N4S3/c1-15-9-13-14-10(17-9)16-7-2-3-8(12)6(4-7)5-11/h2-4H,12H2,1H3. The molecule has 0 aliphatic rings. The minimum absolute atomic E-state index is 0.490. The summed E-state index contributed by atoms with van der Waals surface area (Å²) < 4.78 is 1.80. The van der Waals surface area contributed by atoms with Crippen LogP contribution in [-0.4, -0.2) is 16.5 Å². The Morgan fingerprint density at radius 1 is 1.35 bits per heavy atom. The first-order valence-corrected chi connectivity index (χ1v) is 7.43. The number of nitrogens with zero attached hydrogens (tertiary/aromatic N) is 3. The van der Waals surface area contributed by atoms with Crippen molar-refractivity contribution in [1.82, 2.24) is 10.2 Å². The van der Waals surface area contributed by atoms with Crippen molar-refractivity contribution in [1.29, 1.82) is 5.26 Å². The molecule has 1 heterocycles. The zero-order valence-electron chi connectivity index (χ0n) is 8.88. The number of rotatable bonds is 3. The van der Waals surface area contributed by atoms with Gasteiger partial charge in [-0.2, -0.15) is 5.26 Å². The molecule has 0 unspecified atom stereocenters. The van der Waals surface area contributed by atoms with Gasteiger partial charge in [-0.05, 0) is 24.5 Å². The Balaban J connectivity index is 2.21. The van der Waals surface area contributed by atoms with Gasteiger partial charge in [0.05, 0.1) is 5.56 Å². The quantitative estimate of drug-likeness (QED) is 0.688. The first kappa shape index (κ1) is 12.2. The van der Waals surface area contributed by atoms with Gasteiger partial charge in [-0.3, -0.25) is 0 Å². The van der Waals surface area contributed by atoms with E-state index in [9.17, 15) is 0 Å². The Morgan fingerprint density at radius 2 is 2.12 bits per heavy atom. The van der Waals surface area contributed by atoms with Crippen LogP contribution < -0.4 is 5.73 Å². The number of benzene rings is 1. The summed E-state index contributed by atoms with van der Waals surface area (Å²) >= 11 is 4.59. The fraction of sp³-hybridized carbons (Fsp3) is 0.100. The zero-order chi connectivity index (χ0) is 12.3. The minimum Gasteiger partial charge on any atom is -0.398 e. The molecule has 7 heteroatoms. The Bertz CT molecular complexity index is 573. The summed E-state index contributed by atoms with van der Waals surface area (Å²) in [7, 11) is 0. The van der Waals surface area contributed by atoms with Gasteiger partial charge in [0.2, 0.25) is 0 Å². The van der Waals surface area contributed by atoms with Crippen LogP contribution >= 0.6 is 34.9 Å². The van der Waals surface area contributed by atoms with E-state index in [1.165, 1.54) is 23.1 Å². The van der Waals surface area contributed by atoms with Gasteiger partial charge in [0.25, 0.3) is 0 Å². The van der Waals surface area contributed by atoms with Gasteiger partial charge in [0.1, 0.15) is 6.07 Å². The first-order valence-electron chi connectivity index (χ1n) is 4.58. The van der Waals surface area contributed by atoms with Crippen LogP contribution in [0.3, 0.4) is 0 Å². The van der Waals surface area contributed by atoms with E-state index in [1.54, 1.807) is 23.9 Å². The van der Waals surface area contributed by atoms with Crippen molar-refractivity contribution in [2.24, 2.45) is 0 Å². The lowest BCUT2D eigenvalue weighted by atomic mass is 10.2. The fourth-order valence-corrected chi connectivity index (χ4v) is 3.57. The second kappa shape index (κ2) is 5.40. The highest BCUT2D eigenvalue weighted by atomic mass is 32.2. The number of aromatic nitrogens is 2. The van der Waals surface area contributed by atoms with Gasteiger partial charge in [-0.1, -0.05) is 34.9 Å². The smallest absolute Gasteiger partial charge is 0.179 e. The Kier molecular flexibility index (Phi) is 3.89. The molecule has 2 rings (SSSR count). The van der Waals surface area contributed by atoms with Crippen molar-refractivity contribution in [3.63, 3.8) is 0 Å². The fourth-order valence-electron chi connectivity index (χ4n) is 1.12.